The fourth-order valence-electron chi connectivity index (χ4n) is 0.572. The molecule has 0 amide bonds. The van der Waals surface area contributed by atoms with Gasteiger partial charge in [0.05, 0.1) is 0 Å². The molecule has 7 heteroatoms. The molecule has 4 nitrogen and oxygen atoms in total. The van der Waals surface area contributed by atoms with Crippen LogP contribution in [0.3, 0.4) is 0 Å². The van der Waals surface area contributed by atoms with Crippen molar-refractivity contribution < 1.29 is 35.7 Å². The normalized spacial score (nSPS) is 7.65. The monoisotopic (exact) mass is 463 g/mol. The summed E-state index contributed by atoms with van der Waals surface area (Å²) in [5.41, 5.74) is 0. The first-order valence-corrected chi connectivity index (χ1v) is 9.84. The third kappa shape index (κ3) is 49.7. The SMILES string of the molecule is CC(=O)[CH-]C(C)=O.CC(=O)[CH-]C(C)=O.[Cl][Pt][Cl]. The van der Waals surface area contributed by atoms with Gasteiger partial charge in [0.1, 0.15) is 0 Å². The van der Waals surface area contributed by atoms with E-state index in [1.165, 1.54) is 27.7 Å². The molecule has 0 radical (unpaired) electrons. The first kappa shape index (κ1) is 21.9. The fraction of sp³-hybridized carbons (Fsp3) is 0.400. The van der Waals surface area contributed by atoms with Gasteiger partial charge in [0.15, 0.2) is 0 Å². The molecular formula is C10H14Cl2O4Pt-2. The number of carbonyl (C=O) groups excluding carboxylic acids is 4. The van der Waals surface area contributed by atoms with Gasteiger partial charge in [0.2, 0.25) is 0 Å². The molecule has 17 heavy (non-hydrogen) atoms. The molecule has 0 unspecified atom stereocenters. The third-order valence-corrected chi connectivity index (χ3v) is 0.813. The molecule has 0 aromatic carbocycles. The van der Waals surface area contributed by atoms with Crippen LogP contribution in [0.1, 0.15) is 27.7 Å². The van der Waals surface area contributed by atoms with E-state index in [-0.39, 0.29) is 23.1 Å². The van der Waals surface area contributed by atoms with Crippen LogP contribution in [0, 0.1) is 12.8 Å². The van der Waals surface area contributed by atoms with Crippen molar-refractivity contribution in [3.8, 4) is 0 Å². The van der Waals surface area contributed by atoms with E-state index in [0.29, 0.717) is 0 Å². The maximum absolute atomic E-state index is 9.98. The van der Waals surface area contributed by atoms with Crippen molar-refractivity contribution in [1.29, 1.82) is 0 Å². The van der Waals surface area contributed by atoms with Crippen LogP contribution in [0.5, 0.6) is 0 Å². The average Bonchev–Trinajstić information content (AvgIpc) is 1.99. The van der Waals surface area contributed by atoms with Crippen molar-refractivity contribution >= 4 is 42.0 Å². The van der Waals surface area contributed by atoms with Gasteiger partial charge < -0.3 is 19.2 Å². The first-order valence-electron chi connectivity index (χ1n) is 4.21. The molecule has 0 spiro atoms. The molecule has 0 fully saturated rings. The van der Waals surface area contributed by atoms with E-state index in [0.717, 1.165) is 12.8 Å². The zero-order valence-electron chi connectivity index (χ0n) is 9.86. The Bertz CT molecular complexity index is 217. The van der Waals surface area contributed by atoms with E-state index in [1.54, 1.807) is 0 Å². The Hall–Kier alpha value is -0.312. The molecule has 0 bridgehead atoms. The Kier molecular flexibility index (Phi) is 20.2. The van der Waals surface area contributed by atoms with Crippen molar-refractivity contribution in [3.63, 3.8) is 0 Å². The van der Waals surface area contributed by atoms with Crippen LogP contribution in [-0.4, -0.2) is 23.1 Å². The predicted molar refractivity (Wildman–Crippen MR) is 63.0 cm³/mol. The average molecular weight is 464 g/mol. The van der Waals surface area contributed by atoms with Crippen molar-refractivity contribution in [1.82, 2.24) is 0 Å². The van der Waals surface area contributed by atoms with Gasteiger partial charge >= 0.3 is 35.3 Å². The van der Waals surface area contributed by atoms with Gasteiger partial charge in [-0.2, -0.15) is 0 Å². The molecule has 0 heterocycles. The molecular weight excluding hydrogens is 450 g/mol. The van der Waals surface area contributed by atoms with Crippen molar-refractivity contribution in [2.45, 2.75) is 27.7 Å². The van der Waals surface area contributed by atoms with Crippen molar-refractivity contribution in [3.05, 3.63) is 12.8 Å². The molecule has 0 rings (SSSR count). The summed E-state index contributed by atoms with van der Waals surface area (Å²) in [6.45, 7) is 5.39. The van der Waals surface area contributed by atoms with Gasteiger partial charge in [0, 0.05) is 23.1 Å². The van der Waals surface area contributed by atoms with Gasteiger partial charge in [-0.25, -0.2) is 0 Å². The van der Waals surface area contributed by atoms with Gasteiger partial charge in [-0.1, -0.05) is 0 Å². The first-order chi connectivity index (χ1) is 7.67. The van der Waals surface area contributed by atoms with Gasteiger partial charge in [-0.05, 0) is 27.7 Å². The minimum absolute atomic E-state index is 0.187. The Balaban J connectivity index is -0.000000188. The number of Topliss-reactive ketones (excluding diaryl/α,β-unsaturated/α-hetero) is 4. The molecule has 104 valence electrons. The summed E-state index contributed by atoms with van der Waals surface area (Å²) in [5.74, 6) is -0.750. The summed E-state index contributed by atoms with van der Waals surface area (Å²) in [5, 5.41) is 0. The Morgan fingerprint density at radius 2 is 0.824 bits per heavy atom. The predicted octanol–water partition coefficient (Wildman–Crippen LogP) is 2.11. The number of ketones is 4. The molecule has 0 aromatic rings. The Morgan fingerprint density at radius 1 is 0.706 bits per heavy atom. The molecule has 0 aliphatic carbocycles. The van der Waals surface area contributed by atoms with E-state index in [1.807, 2.05) is 0 Å². The van der Waals surface area contributed by atoms with Crippen molar-refractivity contribution in [2.75, 3.05) is 0 Å². The number of halogens is 2. The second kappa shape index (κ2) is 15.7. The van der Waals surface area contributed by atoms with E-state index in [2.05, 4.69) is 0 Å². The minimum atomic E-state index is -0.472. The second-order valence-electron chi connectivity index (χ2n) is 2.78. The second-order valence-corrected chi connectivity index (χ2v) is 6.06. The van der Waals surface area contributed by atoms with Gasteiger partial charge in [-0.15, -0.1) is 0 Å². The van der Waals surface area contributed by atoms with E-state index < -0.39 is 16.5 Å². The maximum atomic E-state index is 9.98. The summed E-state index contributed by atoms with van der Waals surface area (Å²) in [6.07, 6.45) is 2.11. The number of carbonyl (C=O) groups is 4. The molecule has 0 atom stereocenters. The van der Waals surface area contributed by atoms with E-state index in [9.17, 15) is 19.2 Å². The van der Waals surface area contributed by atoms with Gasteiger partial charge in [0.25, 0.3) is 0 Å². The topological polar surface area (TPSA) is 68.3 Å². The molecule has 0 aliphatic rings. The van der Waals surface area contributed by atoms with Crippen LogP contribution >= 0.6 is 18.8 Å². The Labute approximate surface area is 118 Å². The van der Waals surface area contributed by atoms with Gasteiger partial charge in [-0.3, -0.25) is 12.8 Å². The van der Waals surface area contributed by atoms with Crippen LogP contribution < -0.4 is 0 Å². The Morgan fingerprint density at radius 3 is 0.824 bits per heavy atom. The standard InChI is InChI=1S/2C5H7O2.2ClH.Pt/c2*1-4(6)3-5(2)7;;;/h2*3H,1-2H3;2*1H;/q2*-1;;;+2/p-2. The third-order valence-electron chi connectivity index (χ3n) is 0.813. The number of hydrogen-bond acceptors (Lipinski definition) is 4. The molecule has 0 aliphatic heterocycles. The van der Waals surface area contributed by atoms with Crippen LogP contribution in [-0.2, 0) is 35.7 Å². The van der Waals surface area contributed by atoms with E-state index >= 15 is 0 Å². The summed E-state index contributed by atoms with van der Waals surface area (Å²) in [7, 11) is 9.75. The van der Waals surface area contributed by atoms with Crippen molar-refractivity contribution in [2.24, 2.45) is 0 Å². The zero-order chi connectivity index (χ0) is 14.4. The zero-order valence-corrected chi connectivity index (χ0v) is 13.6. The summed E-state index contributed by atoms with van der Waals surface area (Å²) >= 11 is -0.472. The van der Waals surface area contributed by atoms with E-state index in [4.69, 9.17) is 18.8 Å². The summed E-state index contributed by atoms with van der Waals surface area (Å²) < 4.78 is 0. The van der Waals surface area contributed by atoms with Crippen LogP contribution in [0.25, 0.3) is 0 Å². The van der Waals surface area contributed by atoms with Crippen LogP contribution in [0.15, 0.2) is 0 Å². The summed E-state index contributed by atoms with van der Waals surface area (Å²) in [4.78, 5) is 39.9. The van der Waals surface area contributed by atoms with Crippen LogP contribution in [0.2, 0.25) is 0 Å². The molecule has 0 saturated heterocycles. The fourth-order valence-corrected chi connectivity index (χ4v) is 0.572. The molecule has 0 N–H and O–H groups in total. The number of rotatable bonds is 4. The van der Waals surface area contributed by atoms with Crippen LogP contribution in [0.4, 0.5) is 0 Å². The number of hydrogen-bond donors (Lipinski definition) is 0. The quantitative estimate of drug-likeness (QED) is 0.473. The molecule has 0 saturated carbocycles. The summed E-state index contributed by atoms with van der Waals surface area (Å²) in [6, 6.07) is 0. The molecule has 0 aromatic heterocycles.